The van der Waals surface area contributed by atoms with Gasteiger partial charge in [-0.1, -0.05) is 20.8 Å². The molecule has 0 aliphatic rings. The van der Waals surface area contributed by atoms with Gasteiger partial charge in [0.1, 0.15) is 5.03 Å². The Morgan fingerprint density at radius 1 is 1.35 bits per heavy atom. The first-order valence-electron chi connectivity index (χ1n) is 5.71. The molecule has 1 heterocycles. The van der Waals surface area contributed by atoms with Crippen LogP contribution in [0.2, 0.25) is 0 Å². The summed E-state index contributed by atoms with van der Waals surface area (Å²) < 4.78 is 0. The summed E-state index contributed by atoms with van der Waals surface area (Å²) in [5, 5.41) is 10.2. The van der Waals surface area contributed by atoms with E-state index < -0.39 is 5.97 Å². The molecule has 0 spiro atoms. The first kappa shape index (κ1) is 14.0. The number of rotatable bonds is 4. The summed E-state index contributed by atoms with van der Waals surface area (Å²) in [6.07, 6.45) is 0. The lowest BCUT2D eigenvalue weighted by Crippen LogP contribution is -2.10. The molecule has 0 aliphatic carbocycles. The SMILES string of the molecule is Cc1cc(C)c(C(=O)O)c(SC(C)C(C)C)n1. The van der Waals surface area contributed by atoms with Gasteiger partial charge in [-0.3, -0.25) is 0 Å². The van der Waals surface area contributed by atoms with Crippen molar-refractivity contribution in [1.82, 2.24) is 4.98 Å². The van der Waals surface area contributed by atoms with Gasteiger partial charge in [-0.25, -0.2) is 9.78 Å². The highest BCUT2D eigenvalue weighted by atomic mass is 32.2. The van der Waals surface area contributed by atoms with Crippen molar-refractivity contribution < 1.29 is 9.90 Å². The zero-order valence-electron chi connectivity index (χ0n) is 10.9. The molecule has 4 heteroatoms. The predicted octanol–water partition coefficient (Wildman–Crippen LogP) is 3.53. The van der Waals surface area contributed by atoms with Gasteiger partial charge >= 0.3 is 5.97 Å². The fraction of sp³-hybridized carbons (Fsp3) is 0.538. The van der Waals surface area contributed by atoms with Gasteiger partial charge in [0.15, 0.2) is 0 Å². The van der Waals surface area contributed by atoms with Gasteiger partial charge in [0.2, 0.25) is 0 Å². The Morgan fingerprint density at radius 2 is 1.94 bits per heavy atom. The highest BCUT2D eigenvalue weighted by Gasteiger charge is 2.19. The Kier molecular flexibility index (Phi) is 4.57. The van der Waals surface area contributed by atoms with E-state index in [-0.39, 0.29) is 0 Å². The molecule has 0 radical (unpaired) electrons. The average molecular weight is 253 g/mol. The molecule has 1 unspecified atom stereocenters. The van der Waals surface area contributed by atoms with E-state index in [2.05, 4.69) is 25.8 Å². The Labute approximate surface area is 107 Å². The van der Waals surface area contributed by atoms with Gasteiger partial charge in [-0.05, 0) is 31.4 Å². The van der Waals surface area contributed by atoms with Gasteiger partial charge in [-0.15, -0.1) is 11.8 Å². The number of aromatic carboxylic acids is 1. The number of carboxylic acid groups (broad SMARTS) is 1. The molecular weight excluding hydrogens is 234 g/mol. The quantitative estimate of drug-likeness (QED) is 0.834. The summed E-state index contributed by atoms with van der Waals surface area (Å²) in [4.78, 5) is 15.6. The standard InChI is InChI=1S/C13H19NO2S/c1-7(2)10(5)17-12-11(13(15)16)8(3)6-9(4)14-12/h6-7,10H,1-5H3,(H,15,16). The van der Waals surface area contributed by atoms with Crippen LogP contribution in [0, 0.1) is 19.8 Å². The maximum atomic E-state index is 11.3. The summed E-state index contributed by atoms with van der Waals surface area (Å²) in [6, 6.07) is 1.81. The van der Waals surface area contributed by atoms with Crippen molar-refractivity contribution in [2.45, 2.75) is 44.9 Å². The average Bonchev–Trinajstić information content (AvgIpc) is 2.14. The van der Waals surface area contributed by atoms with Gasteiger partial charge < -0.3 is 5.11 Å². The van der Waals surface area contributed by atoms with E-state index in [4.69, 9.17) is 0 Å². The van der Waals surface area contributed by atoms with Crippen LogP contribution in [0.5, 0.6) is 0 Å². The Bertz CT molecular complexity index is 430. The second-order valence-electron chi connectivity index (χ2n) is 4.63. The number of aromatic nitrogens is 1. The van der Waals surface area contributed by atoms with Crippen LogP contribution < -0.4 is 0 Å². The highest BCUT2D eigenvalue weighted by Crippen LogP contribution is 2.30. The van der Waals surface area contributed by atoms with Gasteiger partial charge in [0, 0.05) is 10.9 Å². The lowest BCUT2D eigenvalue weighted by Gasteiger charge is -2.16. The van der Waals surface area contributed by atoms with E-state index in [9.17, 15) is 9.90 Å². The third kappa shape index (κ3) is 3.46. The topological polar surface area (TPSA) is 50.2 Å². The molecule has 1 aromatic rings. The number of hydrogen-bond acceptors (Lipinski definition) is 3. The van der Waals surface area contributed by atoms with Crippen molar-refractivity contribution in [3.63, 3.8) is 0 Å². The van der Waals surface area contributed by atoms with Crippen LogP contribution in [-0.2, 0) is 0 Å². The van der Waals surface area contributed by atoms with Crippen molar-refractivity contribution in [2.75, 3.05) is 0 Å². The summed E-state index contributed by atoms with van der Waals surface area (Å²) in [6.45, 7) is 10.1. The first-order valence-corrected chi connectivity index (χ1v) is 6.59. The summed E-state index contributed by atoms with van der Waals surface area (Å²) in [7, 11) is 0. The van der Waals surface area contributed by atoms with Crippen molar-refractivity contribution in [3.05, 3.63) is 22.9 Å². The lowest BCUT2D eigenvalue weighted by atomic mass is 10.1. The number of hydrogen-bond donors (Lipinski definition) is 1. The molecule has 1 aromatic heterocycles. The van der Waals surface area contributed by atoms with Crippen LogP contribution in [0.15, 0.2) is 11.1 Å². The second-order valence-corrected chi connectivity index (χ2v) is 6.00. The van der Waals surface area contributed by atoms with Gasteiger partial charge in [-0.2, -0.15) is 0 Å². The lowest BCUT2D eigenvalue weighted by molar-refractivity contribution is 0.0691. The normalized spacial score (nSPS) is 12.8. The molecular formula is C13H19NO2S. The second kappa shape index (κ2) is 5.54. The minimum absolute atomic E-state index is 0.341. The summed E-state index contributed by atoms with van der Waals surface area (Å²) in [5.74, 6) is -0.405. The monoisotopic (exact) mass is 253 g/mol. The molecule has 1 rings (SSSR count). The van der Waals surface area contributed by atoms with E-state index in [1.54, 1.807) is 11.8 Å². The fourth-order valence-electron chi connectivity index (χ4n) is 1.46. The molecule has 94 valence electrons. The van der Waals surface area contributed by atoms with E-state index in [0.29, 0.717) is 21.8 Å². The van der Waals surface area contributed by atoms with Crippen LogP contribution in [0.25, 0.3) is 0 Å². The van der Waals surface area contributed by atoms with Gasteiger partial charge in [0.25, 0.3) is 0 Å². The minimum Gasteiger partial charge on any atom is -0.478 e. The summed E-state index contributed by atoms with van der Waals surface area (Å²) >= 11 is 1.54. The molecule has 0 saturated heterocycles. The molecule has 1 atom stereocenters. The van der Waals surface area contributed by atoms with E-state index in [0.717, 1.165) is 11.3 Å². The van der Waals surface area contributed by atoms with E-state index in [1.807, 2.05) is 19.9 Å². The van der Waals surface area contributed by atoms with Crippen LogP contribution in [0.4, 0.5) is 0 Å². The first-order chi connectivity index (χ1) is 7.82. The third-order valence-corrected chi connectivity index (χ3v) is 4.20. The smallest absolute Gasteiger partial charge is 0.338 e. The molecule has 0 amide bonds. The Balaban J connectivity index is 3.17. The largest absolute Gasteiger partial charge is 0.478 e. The number of carbonyl (C=O) groups is 1. The van der Waals surface area contributed by atoms with Crippen LogP contribution in [0.1, 0.15) is 42.4 Å². The van der Waals surface area contributed by atoms with Crippen LogP contribution in [-0.4, -0.2) is 21.3 Å². The fourth-order valence-corrected chi connectivity index (χ4v) is 2.65. The molecule has 1 N–H and O–H groups in total. The van der Waals surface area contributed by atoms with E-state index >= 15 is 0 Å². The maximum Gasteiger partial charge on any atom is 0.338 e. The zero-order chi connectivity index (χ0) is 13.2. The Hall–Kier alpha value is -1.03. The minimum atomic E-state index is -0.895. The van der Waals surface area contributed by atoms with Crippen molar-refractivity contribution in [3.8, 4) is 0 Å². The molecule has 3 nitrogen and oxygen atoms in total. The molecule has 0 fully saturated rings. The Morgan fingerprint density at radius 3 is 2.41 bits per heavy atom. The van der Waals surface area contributed by atoms with Gasteiger partial charge in [0.05, 0.1) is 5.56 Å². The molecule has 0 bridgehead atoms. The molecule has 17 heavy (non-hydrogen) atoms. The third-order valence-electron chi connectivity index (χ3n) is 2.76. The van der Waals surface area contributed by atoms with Crippen molar-refractivity contribution >= 4 is 17.7 Å². The molecule has 0 aliphatic heterocycles. The number of pyridine rings is 1. The molecule has 0 aromatic carbocycles. The predicted molar refractivity (Wildman–Crippen MR) is 70.8 cm³/mol. The van der Waals surface area contributed by atoms with Crippen LogP contribution >= 0.6 is 11.8 Å². The highest BCUT2D eigenvalue weighted by molar-refractivity contribution is 7.99. The van der Waals surface area contributed by atoms with Crippen molar-refractivity contribution in [1.29, 1.82) is 0 Å². The number of nitrogens with zero attached hydrogens (tertiary/aromatic N) is 1. The number of thioether (sulfide) groups is 1. The number of aryl methyl sites for hydroxylation is 2. The van der Waals surface area contributed by atoms with Crippen LogP contribution in [0.3, 0.4) is 0 Å². The zero-order valence-corrected chi connectivity index (χ0v) is 11.8. The maximum absolute atomic E-state index is 11.3. The molecule has 0 saturated carbocycles. The number of carboxylic acids is 1. The summed E-state index contributed by atoms with van der Waals surface area (Å²) in [5.41, 5.74) is 1.99. The van der Waals surface area contributed by atoms with Crippen molar-refractivity contribution in [2.24, 2.45) is 5.92 Å². The van der Waals surface area contributed by atoms with E-state index in [1.165, 1.54) is 0 Å².